The minimum atomic E-state index is -3.80. The Morgan fingerprint density at radius 1 is 1.39 bits per heavy atom. The van der Waals surface area contributed by atoms with Crippen molar-refractivity contribution < 1.29 is 18.3 Å². The molecular weight excluding hydrogens is 318 g/mol. The van der Waals surface area contributed by atoms with Crippen molar-refractivity contribution in [3.05, 3.63) is 12.5 Å². The Balaban J connectivity index is 2.15. The van der Waals surface area contributed by atoms with Crippen LogP contribution in [0.15, 0.2) is 17.6 Å². The third-order valence-electron chi connectivity index (χ3n) is 4.10. The highest BCUT2D eigenvalue weighted by Crippen LogP contribution is 2.25. The Bertz CT molecular complexity index is 639. The fourth-order valence-corrected chi connectivity index (χ4v) is 4.27. The van der Waals surface area contributed by atoms with Crippen LogP contribution in [0.5, 0.6) is 0 Å². The zero-order valence-corrected chi connectivity index (χ0v) is 14.4. The Kier molecular flexibility index (Phi) is 5.80. The summed E-state index contributed by atoms with van der Waals surface area (Å²) < 4.78 is 29.3. The minimum absolute atomic E-state index is 0.0495. The molecule has 2 rings (SSSR count). The summed E-state index contributed by atoms with van der Waals surface area (Å²) in [5.74, 6) is -1.24. The van der Waals surface area contributed by atoms with E-state index in [4.69, 9.17) is 0 Å². The number of carboxylic acids is 1. The lowest BCUT2D eigenvalue weighted by Crippen LogP contribution is -2.42. The van der Waals surface area contributed by atoms with E-state index >= 15 is 0 Å². The molecule has 1 aromatic heterocycles. The molecule has 0 bridgehead atoms. The number of hydrogen-bond acceptors (Lipinski definition) is 4. The third-order valence-corrected chi connectivity index (χ3v) is 5.48. The van der Waals surface area contributed by atoms with Crippen molar-refractivity contribution in [1.82, 2.24) is 14.3 Å². The van der Waals surface area contributed by atoms with Crippen LogP contribution in [-0.4, -0.2) is 35.1 Å². The molecule has 1 heterocycles. The van der Waals surface area contributed by atoms with Crippen molar-refractivity contribution in [2.75, 3.05) is 0 Å². The van der Waals surface area contributed by atoms with Crippen molar-refractivity contribution in [3.63, 3.8) is 0 Å². The number of carboxylic acid groups (broad SMARTS) is 1. The molecule has 1 aliphatic rings. The molecule has 8 heteroatoms. The van der Waals surface area contributed by atoms with Crippen molar-refractivity contribution in [3.8, 4) is 0 Å². The zero-order valence-electron chi connectivity index (χ0n) is 13.6. The van der Waals surface area contributed by atoms with Crippen LogP contribution in [0.2, 0.25) is 0 Å². The molecule has 0 radical (unpaired) electrons. The lowest BCUT2D eigenvalue weighted by Gasteiger charge is -2.22. The highest BCUT2D eigenvalue weighted by atomic mass is 32.2. The molecule has 0 aromatic carbocycles. The van der Waals surface area contributed by atoms with Crippen LogP contribution < -0.4 is 4.72 Å². The van der Waals surface area contributed by atoms with E-state index in [0.717, 1.165) is 19.3 Å². The van der Waals surface area contributed by atoms with Gasteiger partial charge in [0.05, 0.1) is 12.2 Å². The average molecular weight is 343 g/mol. The van der Waals surface area contributed by atoms with Crippen LogP contribution in [0.3, 0.4) is 0 Å². The van der Waals surface area contributed by atoms with Crippen LogP contribution in [-0.2, 0) is 21.4 Å². The summed E-state index contributed by atoms with van der Waals surface area (Å²) in [7, 11) is -3.80. The summed E-state index contributed by atoms with van der Waals surface area (Å²) >= 11 is 0. The maximum atomic E-state index is 12.5. The van der Waals surface area contributed by atoms with Gasteiger partial charge in [0.25, 0.3) is 10.0 Å². The summed E-state index contributed by atoms with van der Waals surface area (Å²) in [5.41, 5.74) is 0. The van der Waals surface area contributed by atoms with Crippen LogP contribution in [0, 0.1) is 11.8 Å². The van der Waals surface area contributed by atoms with Gasteiger partial charge in [-0.2, -0.15) is 0 Å². The van der Waals surface area contributed by atoms with Crippen molar-refractivity contribution in [2.24, 2.45) is 11.8 Å². The molecule has 1 saturated carbocycles. The van der Waals surface area contributed by atoms with Gasteiger partial charge in [-0.25, -0.2) is 18.1 Å². The van der Waals surface area contributed by atoms with Crippen LogP contribution in [0.1, 0.15) is 46.0 Å². The molecule has 0 unspecified atom stereocenters. The number of nitrogens with zero attached hydrogens (tertiary/aromatic N) is 2. The Labute approximate surface area is 137 Å². The second-order valence-corrected chi connectivity index (χ2v) is 8.27. The smallest absolute Gasteiger partial charge is 0.308 e. The number of nitrogens with one attached hydrogen (secondary N) is 1. The molecule has 0 saturated heterocycles. The highest BCUT2D eigenvalue weighted by Gasteiger charge is 2.33. The second-order valence-electron chi connectivity index (χ2n) is 6.61. The SMILES string of the molecule is CC(C)Cn1cnc(S(=O)(=O)N[C@@H]2CCCCC[C@@H]2C(=O)O)c1. The predicted octanol–water partition coefficient (Wildman–Crippen LogP) is 1.85. The van der Waals surface area contributed by atoms with Crippen molar-refractivity contribution in [2.45, 2.75) is 63.6 Å². The van der Waals surface area contributed by atoms with Gasteiger partial charge in [0.15, 0.2) is 5.03 Å². The van der Waals surface area contributed by atoms with Crippen molar-refractivity contribution in [1.29, 1.82) is 0 Å². The van der Waals surface area contributed by atoms with Gasteiger partial charge in [0, 0.05) is 18.8 Å². The standard InChI is InChI=1S/C15H25N3O4S/c1-11(2)8-18-9-14(16-10-18)23(21,22)17-13-7-5-3-4-6-12(13)15(19)20/h9-13,17H,3-8H2,1-2H3,(H,19,20)/t12-,13+/m0/s1. The fraction of sp³-hybridized carbons (Fsp3) is 0.733. The number of aliphatic carboxylic acids is 1. The first-order chi connectivity index (χ1) is 10.8. The molecule has 0 amide bonds. The fourth-order valence-electron chi connectivity index (χ4n) is 3.00. The van der Waals surface area contributed by atoms with Gasteiger partial charge >= 0.3 is 5.97 Å². The summed E-state index contributed by atoms with van der Waals surface area (Å²) in [4.78, 5) is 15.4. The molecule has 2 atom stereocenters. The molecule has 1 aliphatic carbocycles. The number of hydrogen-bond donors (Lipinski definition) is 2. The summed E-state index contributed by atoms with van der Waals surface area (Å²) in [6, 6.07) is -0.574. The van der Waals surface area contributed by atoms with E-state index < -0.39 is 28.0 Å². The van der Waals surface area contributed by atoms with Gasteiger partial charge in [-0.1, -0.05) is 33.1 Å². The third kappa shape index (κ3) is 4.78. The van der Waals surface area contributed by atoms with Gasteiger partial charge in [-0.15, -0.1) is 0 Å². The van der Waals surface area contributed by atoms with E-state index in [1.54, 1.807) is 4.57 Å². The van der Waals surface area contributed by atoms with E-state index in [2.05, 4.69) is 9.71 Å². The van der Waals surface area contributed by atoms with Gasteiger partial charge in [-0.05, 0) is 18.8 Å². The minimum Gasteiger partial charge on any atom is -0.481 e. The van der Waals surface area contributed by atoms with Gasteiger partial charge in [0.2, 0.25) is 0 Å². The number of rotatable bonds is 6. The first-order valence-corrected chi connectivity index (χ1v) is 9.55. The molecule has 0 aliphatic heterocycles. The molecule has 7 nitrogen and oxygen atoms in total. The predicted molar refractivity (Wildman–Crippen MR) is 85.4 cm³/mol. The van der Waals surface area contributed by atoms with E-state index in [0.29, 0.717) is 25.3 Å². The van der Waals surface area contributed by atoms with Gasteiger partial charge in [-0.3, -0.25) is 4.79 Å². The monoisotopic (exact) mass is 343 g/mol. The molecule has 130 valence electrons. The number of aromatic nitrogens is 2. The Morgan fingerprint density at radius 2 is 2.09 bits per heavy atom. The molecule has 23 heavy (non-hydrogen) atoms. The van der Waals surface area contributed by atoms with Gasteiger partial charge in [0.1, 0.15) is 0 Å². The number of imidazole rings is 1. The number of sulfonamides is 1. The van der Waals surface area contributed by atoms with Gasteiger partial charge < -0.3 is 9.67 Å². The molecule has 1 fully saturated rings. The second kappa shape index (κ2) is 7.44. The van der Waals surface area contributed by atoms with Crippen LogP contribution >= 0.6 is 0 Å². The Hall–Kier alpha value is -1.41. The normalized spacial score (nSPS) is 22.9. The highest BCUT2D eigenvalue weighted by molar-refractivity contribution is 7.89. The van der Waals surface area contributed by atoms with Crippen LogP contribution in [0.25, 0.3) is 0 Å². The topological polar surface area (TPSA) is 101 Å². The lowest BCUT2D eigenvalue weighted by molar-refractivity contribution is -0.142. The van der Waals surface area contributed by atoms with Crippen molar-refractivity contribution >= 4 is 16.0 Å². The lowest BCUT2D eigenvalue weighted by atomic mass is 9.96. The first-order valence-electron chi connectivity index (χ1n) is 8.06. The van der Waals surface area contributed by atoms with Crippen LogP contribution in [0.4, 0.5) is 0 Å². The summed E-state index contributed by atoms with van der Waals surface area (Å²) in [5, 5.41) is 9.30. The first kappa shape index (κ1) is 17.9. The average Bonchev–Trinajstić information content (AvgIpc) is 2.77. The number of carbonyl (C=O) groups is 1. The molecule has 0 spiro atoms. The summed E-state index contributed by atoms with van der Waals surface area (Å²) in [6.45, 7) is 4.76. The maximum absolute atomic E-state index is 12.5. The molecule has 1 aromatic rings. The maximum Gasteiger partial charge on any atom is 0.308 e. The Morgan fingerprint density at radius 3 is 2.74 bits per heavy atom. The van der Waals surface area contributed by atoms with E-state index in [9.17, 15) is 18.3 Å². The summed E-state index contributed by atoms with van der Waals surface area (Å²) in [6.07, 6.45) is 6.63. The molecule has 2 N–H and O–H groups in total. The quantitative estimate of drug-likeness (QED) is 0.768. The molecular formula is C15H25N3O4S. The largest absolute Gasteiger partial charge is 0.481 e. The van der Waals surface area contributed by atoms with E-state index in [1.165, 1.54) is 12.5 Å². The van der Waals surface area contributed by atoms with E-state index in [-0.39, 0.29) is 5.03 Å². The zero-order chi connectivity index (χ0) is 17.0. The van der Waals surface area contributed by atoms with E-state index in [1.807, 2.05) is 13.8 Å².